The topological polar surface area (TPSA) is 282 Å². The van der Waals surface area contributed by atoms with Crippen molar-refractivity contribution in [2.24, 2.45) is 15.0 Å². The van der Waals surface area contributed by atoms with Crippen molar-refractivity contribution in [2.45, 2.75) is 230 Å². The van der Waals surface area contributed by atoms with Crippen LogP contribution in [0.2, 0.25) is 0 Å². The van der Waals surface area contributed by atoms with Gasteiger partial charge in [-0.25, -0.2) is 29.4 Å². The summed E-state index contributed by atoms with van der Waals surface area (Å²) in [7, 11) is 13.1. The molecule has 0 N–H and O–H groups in total. The Kier molecular flexibility index (Phi) is 48.2. The smallest absolute Gasteiger partial charge is 0.351 e. The van der Waals surface area contributed by atoms with Crippen LogP contribution in [0.3, 0.4) is 0 Å². The molecule has 125 heavy (non-hydrogen) atoms. The Labute approximate surface area is 770 Å². The third-order valence-electron chi connectivity index (χ3n) is 20.7. The Morgan fingerprint density at radius 3 is 1.10 bits per heavy atom. The standard InChI is InChI=1S/2C15H25N3O3S.C14H23N3O3S.3C14H25N3O2S/c1-10(2)18(11(3)4)12-6-7-17(15(19)16-12)13-9-22-14(21-13)8-20-5;1-4-7-17(8-5-2)12-6-9-18(15(19)16-12)13-11-22-14(21-13)10-20-3;1-4-8-19-9-13-20-12(10-21-13)17-7-6-11(15-14(17)18)16(3)5-2;1-14(2,3)16(4)11-6-7-17(10-15-11)12-9-20-13(19-12)8-18-5;1-5-18-8-14-19-13(9-20-14)17-7-6-12(15-10-17)16(4)11(2)3;1-4-7-16(3)12-6-8-17(11-15-12)13-10-20-14(19-13)9-18-5-2/h6-7,10-11,13-14H,8-9H2,1-5H3;6,9,13-14H,4-5,7-8,10-11H2,1-3H3;6-7,12-13H,4-5,8-10H2,1-3H3;6-7,12-13H,8-10H2,1-5H3;6-7,11,13-14H,5,8-10H2,1-4H3;6,8,13-14H,4-5,7,9-11H2,1-3H3/t2*13-,14+;2*12-,13+;2*13-,14+/m111111/s1. The lowest BCUT2D eigenvalue weighted by atomic mass is 10.1. The van der Waals surface area contributed by atoms with E-state index in [1.54, 1.807) is 101 Å². The van der Waals surface area contributed by atoms with Crippen LogP contribution < -0.4 is 31.8 Å². The lowest BCUT2D eigenvalue weighted by molar-refractivity contribution is -0.0465. The van der Waals surface area contributed by atoms with Crippen LogP contribution >= 0.6 is 70.6 Å². The van der Waals surface area contributed by atoms with Crippen molar-refractivity contribution in [1.29, 1.82) is 0 Å². The summed E-state index contributed by atoms with van der Waals surface area (Å²) >= 11 is 10.4. The van der Waals surface area contributed by atoms with Gasteiger partial charge in [0, 0.05) is 191 Å². The minimum Gasteiger partial charge on any atom is -0.381 e. The lowest BCUT2D eigenvalue weighted by Gasteiger charge is -2.36. The van der Waals surface area contributed by atoms with Crippen LogP contribution in [0, 0.1) is 0 Å². The summed E-state index contributed by atoms with van der Waals surface area (Å²) in [6.07, 6.45) is 21.5. The number of hydrogen-bond donors (Lipinski definition) is 0. The summed E-state index contributed by atoms with van der Waals surface area (Å²) in [5, 5.41) is 0. The molecule has 708 valence electrons. The molecular formula is C86H148N18O15S6. The molecule has 6 fully saturated rings. The normalized spacial score (nSPS) is 23.9. The molecule has 0 unspecified atom stereocenters. The number of hydrogen-bond acceptors (Lipinski definition) is 36. The molecule has 6 saturated heterocycles. The second kappa shape index (κ2) is 56.4. The van der Waals surface area contributed by atoms with E-state index in [0.717, 1.165) is 130 Å². The number of anilines is 3. The molecule has 3 aromatic rings. The quantitative estimate of drug-likeness (QED) is 0.0495. The van der Waals surface area contributed by atoms with Crippen molar-refractivity contribution in [3.63, 3.8) is 0 Å². The monoisotopic (exact) mass is 1860 g/mol. The Hall–Kier alpha value is -5.31. The van der Waals surface area contributed by atoms with Gasteiger partial charge in [-0.15, -0.1) is 70.6 Å². The number of aromatic nitrogens is 6. The molecule has 0 bridgehead atoms. The van der Waals surface area contributed by atoms with Gasteiger partial charge in [-0.1, -0.05) is 27.7 Å². The number of rotatable bonds is 35. The predicted molar refractivity (Wildman–Crippen MR) is 515 cm³/mol. The first-order valence-electron chi connectivity index (χ1n) is 44.0. The van der Waals surface area contributed by atoms with Gasteiger partial charge in [-0.2, -0.15) is 15.0 Å². The summed E-state index contributed by atoms with van der Waals surface area (Å²) in [4.78, 5) is 82.5. The van der Waals surface area contributed by atoms with Crippen molar-refractivity contribution in [3.8, 4) is 0 Å². The maximum Gasteiger partial charge on any atom is 0.351 e. The van der Waals surface area contributed by atoms with Gasteiger partial charge in [0.1, 0.15) is 125 Å². The fraction of sp³-hybridized carbons (Fsp3) is 0.756. The predicted octanol–water partition coefficient (Wildman–Crippen LogP) is 11.8. The van der Waals surface area contributed by atoms with Crippen molar-refractivity contribution in [3.05, 3.63) is 105 Å². The Bertz CT molecular complexity index is 3960. The van der Waals surface area contributed by atoms with Gasteiger partial charge in [0.15, 0.2) is 0 Å². The molecule has 9 aliphatic rings. The second-order valence-corrected chi connectivity index (χ2v) is 39.4. The number of methoxy groups -OCH3 is 3. The summed E-state index contributed by atoms with van der Waals surface area (Å²) in [5.74, 6) is 10.4. The molecule has 9 aliphatic heterocycles. The molecule has 0 aliphatic carbocycles. The van der Waals surface area contributed by atoms with Gasteiger partial charge < -0.3 is 101 Å². The third kappa shape index (κ3) is 34.4. The minimum atomic E-state index is -0.272. The van der Waals surface area contributed by atoms with Gasteiger partial charge in [0.25, 0.3) is 0 Å². The maximum atomic E-state index is 12.3. The number of nitrogens with zero attached hydrogens (tertiary/aromatic N) is 18. The summed E-state index contributed by atoms with van der Waals surface area (Å²) in [6, 6.07) is 6.67. The zero-order valence-corrected chi connectivity index (χ0v) is 83.5. The number of ether oxygens (including phenoxy) is 12. The minimum absolute atomic E-state index is 0.00792. The fourth-order valence-electron chi connectivity index (χ4n) is 13.4. The van der Waals surface area contributed by atoms with E-state index >= 15 is 0 Å². The molecule has 39 heteroatoms. The van der Waals surface area contributed by atoms with Crippen molar-refractivity contribution in [2.75, 3.05) is 204 Å². The van der Waals surface area contributed by atoms with Gasteiger partial charge >= 0.3 is 17.1 Å². The van der Waals surface area contributed by atoms with Crippen LogP contribution in [-0.2, 0) is 56.8 Å². The van der Waals surface area contributed by atoms with Gasteiger partial charge in [0.2, 0.25) is 0 Å². The molecule has 0 aromatic carbocycles. The van der Waals surface area contributed by atoms with E-state index < -0.39 is 0 Å². The average Bonchev–Trinajstić information content (AvgIpc) is 1.60. The van der Waals surface area contributed by atoms with Crippen LogP contribution in [-0.4, -0.2) is 340 Å². The molecule has 12 rings (SSSR count). The SMILES string of the molecule is CCCN(C)C1=NCN([C@H]2CS[C@@H](COCC)O2)C=C1.CCCN(CCC)c1ccn([C@H]2CS[C@@H](COC)O2)c(=O)n1.CCCOC[C@H]1O[C@@H](n2ccc(N(C)CC)nc2=O)CS1.CCOC[C@H]1O[C@@H](N2C=CC(N(C)C(C)C)=NC2)CS1.COC[C@H]1O[C@@H](N2C=CC(N(C)C(C)(C)C)=NC2)CS1.COC[C@H]1O[C@@H](n2ccc(N(C(C)C)C(C)C)nc2=O)CS1. The molecule has 0 spiro atoms. The zero-order chi connectivity index (χ0) is 91.1. The molecule has 0 radical (unpaired) electrons. The van der Waals surface area contributed by atoms with E-state index in [9.17, 15) is 14.4 Å². The highest BCUT2D eigenvalue weighted by molar-refractivity contribution is 8.01. The van der Waals surface area contributed by atoms with Crippen molar-refractivity contribution in [1.82, 2.24) is 58.1 Å². The van der Waals surface area contributed by atoms with Gasteiger partial charge in [0.05, 0.1) is 39.6 Å². The highest BCUT2D eigenvalue weighted by Gasteiger charge is 2.36. The molecule has 3 aromatic heterocycles. The summed E-state index contributed by atoms with van der Waals surface area (Å²) in [6.45, 7) is 45.3. The zero-order valence-electron chi connectivity index (χ0n) is 78.6. The fourth-order valence-corrected chi connectivity index (χ4v) is 19.8. The molecule has 33 nitrogen and oxygen atoms in total. The van der Waals surface area contributed by atoms with E-state index in [-0.39, 0.29) is 105 Å². The number of amidine groups is 3. The second-order valence-electron chi connectivity index (χ2n) is 32.2. The van der Waals surface area contributed by atoms with E-state index in [2.05, 4.69) is 217 Å². The molecular weight excluding hydrogens is 1720 g/mol. The van der Waals surface area contributed by atoms with E-state index in [4.69, 9.17) is 56.8 Å². The third-order valence-corrected chi connectivity index (χ3v) is 27.3. The molecule has 0 amide bonds. The van der Waals surface area contributed by atoms with Crippen LogP contribution in [0.25, 0.3) is 0 Å². The van der Waals surface area contributed by atoms with Gasteiger partial charge in [-0.3, -0.25) is 13.7 Å². The number of thioether (sulfide) groups is 6. The van der Waals surface area contributed by atoms with Gasteiger partial charge in [-0.05, 0) is 145 Å². The first-order valence-corrected chi connectivity index (χ1v) is 50.3. The highest BCUT2D eigenvalue weighted by Crippen LogP contribution is 2.36. The Morgan fingerprint density at radius 2 is 0.768 bits per heavy atom. The number of likely N-dealkylation sites (N-methyl/N-ethyl adjacent to an activating group) is 3. The highest BCUT2D eigenvalue weighted by atomic mass is 32.2. The van der Waals surface area contributed by atoms with E-state index in [0.29, 0.717) is 77.3 Å². The van der Waals surface area contributed by atoms with Crippen LogP contribution in [0.1, 0.15) is 155 Å². The van der Waals surface area contributed by atoms with E-state index in [1.165, 1.54) is 0 Å². The van der Waals surface area contributed by atoms with Crippen molar-refractivity contribution >= 4 is 106 Å². The average molecular weight is 1870 g/mol. The Morgan fingerprint density at radius 1 is 0.424 bits per heavy atom. The molecule has 12 heterocycles. The number of aliphatic imine (C=N–C) groups is 3. The summed E-state index contributed by atoms with van der Waals surface area (Å²) in [5.41, 5.74) is -0.317. The van der Waals surface area contributed by atoms with E-state index in [1.807, 2.05) is 74.4 Å². The summed E-state index contributed by atoms with van der Waals surface area (Å²) < 4.78 is 71.7. The Balaban J connectivity index is 0.000000206. The largest absolute Gasteiger partial charge is 0.381 e. The molecule has 0 saturated carbocycles. The van der Waals surface area contributed by atoms with Crippen LogP contribution in [0.4, 0.5) is 17.5 Å². The van der Waals surface area contributed by atoms with Crippen molar-refractivity contribution < 1.29 is 56.8 Å². The lowest BCUT2D eigenvalue weighted by Crippen LogP contribution is -2.44. The first-order chi connectivity index (χ1) is 60.0. The van der Waals surface area contributed by atoms with Crippen LogP contribution in [0.5, 0.6) is 0 Å². The first kappa shape index (κ1) is 107. The maximum absolute atomic E-state index is 12.3. The van der Waals surface area contributed by atoms with Crippen LogP contribution in [0.15, 0.2) is 103 Å². The molecule has 12 atom stereocenters.